The molecular weight excluding hydrogens is 460 g/mol. The quantitative estimate of drug-likeness (QED) is 0.319. The second-order valence-corrected chi connectivity index (χ2v) is 10.5. The van der Waals surface area contributed by atoms with Crippen LogP contribution >= 0.6 is 0 Å². The summed E-state index contributed by atoms with van der Waals surface area (Å²) < 4.78 is 29.0. The van der Waals surface area contributed by atoms with Crippen molar-refractivity contribution in [2.24, 2.45) is 27.0 Å². The molecule has 36 heavy (non-hydrogen) atoms. The largest absolute Gasteiger partial charge is 0.338 e. The Morgan fingerprint density at radius 1 is 1.25 bits per heavy atom. The third kappa shape index (κ3) is 4.90. The lowest BCUT2D eigenvalue weighted by molar-refractivity contribution is 0.0420. The van der Waals surface area contributed by atoms with E-state index in [1.54, 1.807) is 6.08 Å². The smallest absolute Gasteiger partial charge is 0.257 e. The Balaban J connectivity index is 1.90. The summed E-state index contributed by atoms with van der Waals surface area (Å²) in [5.41, 5.74) is 2.27. The van der Waals surface area contributed by atoms with Crippen LogP contribution in [0.5, 0.6) is 0 Å². The van der Waals surface area contributed by atoms with Crippen LogP contribution in [0.15, 0.2) is 46.7 Å². The van der Waals surface area contributed by atoms with E-state index in [-0.39, 0.29) is 33.9 Å². The molecule has 1 saturated carbocycles. The zero-order valence-electron chi connectivity index (χ0n) is 22.4. The van der Waals surface area contributed by atoms with Crippen LogP contribution in [0.25, 0.3) is 5.70 Å². The number of allylic oxidation sites excluding steroid dienone is 2. The minimum atomic E-state index is -0.695. The number of aryl methyl sites for hydroxylation is 2. The summed E-state index contributed by atoms with van der Waals surface area (Å²) in [6.45, 7) is 17.7. The number of carbonyl (C=O) groups is 1. The molecule has 0 saturated heterocycles. The highest BCUT2D eigenvalue weighted by Gasteiger charge is 2.52. The number of benzene rings is 1. The molecule has 2 aromatic rings. The van der Waals surface area contributed by atoms with Gasteiger partial charge in [-0.1, -0.05) is 33.4 Å². The Morgan fingerprint density at radius 2 is 1.89 bits per heavy atom. The average molecular weight is 498 g/mol. The lowest BCUT2D eigenvalue weighted by Gasteiger charge is -2.45. The van der Waals surface area contributed by atoms with Gasteiger partial charge in [0.05, 0.1) is 22.5 Å². The molecule has 1 N–H and O–H groups in total. The number of aromatic amines is 1. The van der Waals surface area contributed by atoms with Crippen molar-refractivity contribution < 1.29 is 13.6 Å². The molecule has 1 heterocycles. The fraction of sp³-hybridized carbons (Fsp3) is 0.500. The normalized spacial score (nSPS) is 21.8. The topological polar surface area (TPSA) is 73.7 Å². The number of hydrogen-bond acceptors (Lipinski definition) is 4. The van der Waals surface area contributed by atoms with Crippen molar-refractivity contribution in [3.63, 3.8) is 0 Å². The summed E-state index contributed by atoms with van der Waals surface area (Å²) in [4.78, 5) is 15.3. The molecule has 1 fully saturated rings. The predicted octanol–water partition coefficient (Wildman–Crippen LogP) is 6.89. The maximum Gasteiger partial charge on any atom is 0.257 e. The predicted molar refractivity (Wildman–Crippen MR) is 139 cm³/mol. The van der Waals surface area contributed by atoms with Crippen LogP contribution in [0.4, 0.5) is 8.78 Å². The van der Waals surface area contributed by atoms with Crippen LogP contribution in [0.1, 0.15) is 67.8 Å². The van der Waals surface area contributed by atoms with E-state index in [0.29, 0.717) is 24.3 Å². The van der Waals surface area contributed by atoms with E-state index < -0.39 is 11.6 Å². The summed E-state index contributed by atoms with van der Waals surface area (Å²) in [7, 11) is 1.46. The molecule has 8 heteroatoms. The summed E-state index contributed by atoms with van der Waals surface area (Å²) in [6.07, 6.45) is 3.36. The van der Waals surface area contributed by atoms with Gasteiger partial charge in [0.1, 0.15) is 11.6 Å². The van der Waals surface area contributed by atoms with Gasteiger partial charge >= 0.3 is 0 Å². The van der Waals surface area contributed by atoms with Crippen molar-refractivity contribution in [3.05, 3.63) is 70.6 Å². The molecule has 1 aromatic carbocycles. The SMILES string of the molecule is C=C(/C=C(\N=NC)c1c(F)cccc1F)[C@@H]1CC[C@@](C)(CN(CC)C(=O)c2c(C)n[nH]c2C)C1(C)C. The number of halogens is 2. The fourth-order valence-electron chi connectivity index (χ4n) is 5.55. The van der Waals surface area contributed by atoms with Crippen LogP contribution < -0.4 is 0 Å². The Bertz CT molecular complexity index is 1170. The van der Waals surface area contributed by atoms with Crippen molar-refractivity contribution in [1.82, 2.24) is 15.1 Å². The maximum atomic E-state index is 14.5. The first kappa shape index (κ1) is 27.4. The number of carbonyl (C=O) groups excluding carboxylic acids is 1. The van der Waals surface area contributed by atoms with Gasteiger partial charge in [0.15, 0.2) is 0 Å². The lowest BCUT2D eigenvalue weighted by atomic mass is 9.64. The first-order chi connectivity index (χ1) is 16.9. The summed E-state index contributed by atoms with van der Waals surface area (Å²) in [5.74, 6) is -1.38. The van der Waals surface area contributed by atoms with Crippen LogP contribution in [-0.4, -0.2) is 41.1 Å². The highest BCUT2D eigenvalue weighted by molar-refractivity contribution is 5.96. The molecule has 0 spiro atoms. The highest BCUT2D eigenvalue weighted by atomic mass is 19.1. The van der Waals surface area contributed by atoms with Crippen molar-refractivity contribution in [1.29, 1.82) is 0 Å². The van der Waals surface area contributed by atoms with Gasteiger partial charge in [-0.25, -0.2) is 8.78 Å². The van der Waals surface area contributed by atoms with Gasteiger partial charge in [-0.3, -0.25) is 9.89 Å². The molecule has 1 aromatic heterocycles. The molecule has 2 atom stereocenters. The minimum Gasteiger partial charge on any atom is -0.338 e. The molecule has 0 aliphatic heterocycles. The van der Waals surface area contributed by atoms with Crippen molar-refractivity contribution in [3.8, 4) is 0 Å². The number of hydrogen-bond donors (Lipinski definition) is 1. The molecule has 3 rings (SSSR count). The zero-order chi connectivity index (χ0) is 26.8. The van der Waals surface area contributed by atoms with E-state index in [4.69, 9.17) is 0 Å². The second-order valence-electron chi connectivity index (χ2n) is 10.5. The lowest BCUT2D eigenvalue weighted by Crippen LogP contribution is -2.46. The van der Waals surface area contributed by atoms with Gasteiger partial charge < -0.3 is 4.90 Å². The molecule has 6 nitrogen and oxygen atoms in total. The van der Waals surface area contributed by atoms with E-state index in [1.807, 2.05) is 25.7 Å². The maximum absolute atomic E-state index is 14.5. The van der Waals surface area contributed by atoms with Crippen LogP contribution in [0, 0.1) is 42.2 Å². The molecule has 1 aliphatic carbocycles. The first-order valence-corrected chi connectivity index (χ1v) is 12.3. The van der Waals surface area contributed by atoms with E-state index in [1.165, 1.54) is 25.2 Å². The molecule has 0 radical (unpaired) electrons. The summed E-state index contributed by atoms with van der Waals surface area (Å²) >= 11 is 0. The van der Waals surface area contributed by atoms with E-state index in [9.17, 15) is 13.6 Å². The Labute approximate surface area is 212 Å². The van der Waals surface area contributed by atoms with E-state index in [2.05, 4.69) is 47.8 Å². The van der Waals surface area contributed by atoms with Gasteiger partial charge in [0.2, 0.25) is 0 Å². The highest BCUT2D eigenvalue weighted by Crippen LogP contribution is 2.58. The van der Waals surface area contributed by atoms with Gasteiger partial charge in [-0.05, 0) is 74.1 Å². The molecule has 0 unspecified atom stereocenters. The molecule has 1 aliphatic rings. The van der Waals surface area contributed by atoms with Crippen molar-refractivity contribution in [2.75, 3.05) is 20.1 Å². The van der Waals surface area contributed by atoms with Gasteiger partial charge in [-0.2, -0.15) is 15.3 Å². The Hall–Kier alpha value is -3.16. The first-order valence-electron chi connectivity index (χ1n) is 12.3. The second kappa shape index (κ2) is 10.4. The zero-order valence-corrected chi connectivity index (χ0v) is 22.4. The van der Waals surface area contributed by atoms with Gasteiger partial charge in [0.25, 0.3) is 5.91 Å². The Morgan fingerprint density at radius 3 is 2.42 bits per heavy atom. The van der Waals surface area contributed by atoms with E-state index in [0.717, 1.165) is 24.1 Å². The molecule has 0 bridgehead atoms. The van der Waals surface area contributed by atoms with Crippen LogP contribution in [0.2, 0.25) is 0 Å². The standard InChI is InChI=1S/C28H37F2N5O/c1-9-35(26(36)24-18(3)32-33-19(24)4)16-28(7)14-13-20(27(28,5)6)17(2)15-23(34-31-8)25-21(29)11-10-12-22(25)30/h10-12,15,20H,2,9,13-14,16H2,1,3-8H3,(H,32,33)/b23-15-,34-31?/t20-,28-/m0/s1. The number of aromatic nitrogens is 2. The molecule has 1 amide bonds. The molecule has 194 valence electrons. The third-order valence-electron chi connectivity index (χ3n) is 8.16. The number of azo groups is 1. The van der Waals surface area contributed by atoms with Crippen molar-refractivity contribution in [2.45, 2.75) is 54.4 Å². The Kier molecular flexibility index (Phi) is 7.96. The van der Waals surface area contributed by atoms with Gasteiger partial charge in [-0.15, -0.1) is 0 Å². The number of nitrogens with one attached hydrogen (secondary N) is 1. The number of amides is 1. The number of rotatable bonds is 8. The summed E-state index contributed by atoms with van der Waals surface area (Å²) in [6, 6.07) is 3.73. The van der Waals surface area contributed by atoms with Crippen LogP contribution in [-0.2, 0) is 0 Å². The van der Waals surface area contributed by atoms with Crippen LogP contribution in [0.3, 0.4) is 0 Å². The van der Waals surface area contributed by atoms with Crippen molar-refractivity contribution >= 4 is 11.6 Å². The third-order valence-corrected chi connectivity index (χ3v) is 8.16. The monoisotopic (exact) mass is 497 g/mol. The number of nitrogens with zero attached hydrogens (tertiary/aromatic N) is 4. The number of H-pyrrole nitrogens is 1. The summed E-state index contributed by atoms with van der Waals surface area (Å²) in [5, 5.41) is 14.9. The minimum absolute atomic E-state index is 0.0267. The van der Waals surface area contributed by atoms with E-state index >= 15 is 0 Å². The average Bonchev–Trinajstić information content (AvgIpc) is 3.26. The van der Waals surface area contributed by atoms with Gasteiger partial charge in [0, 0.05) is 25.8 Å². The molecular formula is C28H37F2N5O. The fourth-order valence-corrected chi connectivity index (χ4v) is 5.55.